The molecule has 0 spiro atoms. The normalized spacial score (nSPS) is 16.5. The van der Waals surface area contributed by atoms with E-state index < -0.39 is 0 Å². The lowest BCUT2D eigenvalue weighted by molar-refractivity contribution is 0.0950. The largest absolute Gasteiger partial charge is 0.454 e. The molecule has 2 aliphatic rings. The summed E-state index contributed by atoms with van der Waals surface area (Å²) in [5, 5.41) is 3.03. The molecule has 0 aliphatic carbocycles. The van der Waals surface area contributed by atoms with Crippen molar-refractivity contribution in [1.82, 2.24) is 10.2 Å². The van der Waals surface area contributed by atoms with E-state index in [0.717, 1.165) is 19.6 Å². The van der Waals surface area contributed by atoms with Crippen molar-refractivity contribution < 1.29 is 14.3 Å². The number of nitrogens with zero attached hydrogens (tertiary/aromatic N) is 1. The Morgan fingerprint density at radius 2 is 1.73 bits per heavy atom. The highest BCUT2D eigenvalue weighted by Gasteiger charge is 2.17. The first-order chi connectivity index (χ1) is 12.8. The topological polar surface area (TPSA) is 50.8 Å². The fraction of sp³-hybridized carbons (Fsp3) is 0.381. The number of piperidine rings is 1. The molecule has 0 atom stereocenters. The first-order valence-electron chi connectivity index (χ1n) is 9.26. The van der Waals surface area contributed by atoms with Gasteiger partial charge in [0.25, 0.3) is 5.91 Å². The molecule has 1 saturated heterocycles. The van der Waals surface area contributed by atoms with Gasteiger partial charge in [0, 0.05) is 18.7 Å². The first kappa shape index (κ1) is 16.9. The molecule has 0 bridgehead atoms. The minimum absolute atomic E-state index is 0.101. The third-order valence-electron chi connectivity index (χ3n) is 5.04. The molecule has 1 amide bonds. The molecule has 136 valence electrons. The Labute approximate surface area is 153 Å². The van der Waals surface area contributed by atoms with Crippen LogP contribution in [0.4, 0.5) is 0 Å². The van der Waals surface area contributed by atoms with E-state index in [4.69, 9.17) is 9.47 Å². The lowest BCUT2D eigenvalue weighted by atomic mass is 10.0. The Morgan fingerprint density at radius 3 is 2.58 bits per heavy atom. The van der Waals surface area contributed by atoms with Gasteiger partial charge in [-0.25, -0.2) is 0 Å². The van der Waals surface area contributed by atoms with E-state index in [2.05, 4.69) is 28.4 Å². The fourth-order valence-electron chi connectivity index (χ4n) is 3.56. The van der Waals surface area contributed by atoms with Crippen LogP contribution >= 0.6 is 0 Å². The Morgan fingerprint density at radius 1 is 0.962 bits per heavy atom. The van der Waals surface area contributed by atoms with Gasteiger partial charge in [0.15, 0.2) is 11.5 Å². The average molecular weight is 352 g/mol. The SMILES string of the molecule is O=C(NCc1ccccc1CN1CCCCC1)c1ccc2c(c1)OCO2. The van der Waals surface area contributed by atoms with Crippen LogP contribution in [0.5, 0.6) is 11.5 Å². The minimum atomic E-state index is -0.101. The van der Waals surface area contributed by atoms with Crippen LogP contribution in [-0.4, -0.2) is 30.7 Å². The quantitative estimate of drug-likeness (QED) is 0.897. The summed E-state index contributed by atoms with van der Waals surface area (Å²) >= 11 is 0. The van der Waals surface area contributed by atoms with Crippen LogP contribution in [0.2, 0.25) is 0 Å². The number of nitrogens with one attached hydrogen (secondary N) is 1. The van der Waals surface area contributed by atoms with Crippen LogP contribution < -0.4 is 14.8 Å². The highest BCUT2D eigenvalue weighted by Crippen LogP contribution is 2.32. The third-order valence-corrected chi connectivity index (χ3v) is 5.04. The molecular weight excluding hydrogens is 328 g/mol. The average Bonchev–Trinajstić information content (AvgIpc) is 3.16. The maximum Gasteiger partial charge on any atom is 0.251 e. The number of benzene rings is 2. The van der Waals surface area contributed by atoms with E-state index >= 15 is 0 Å². The number of ether oxygens (including phenoxy) is 2. The second-order valence-electron chi connectivity index (χ2n) is 6.86. The summed E-state index contributed by atoms with van der Waals surface area (Å²) in [7, 11) is 0. The van der Waals surface area contributed by atoms with Crippen LogP contribution in [0.3, 0.4) is 0 Å². The third kappa shape index (κ3) is 3.83. The summed E-state index contributed by atoms with van der Waals surface area (Å²) in [6.07, 6.45) is 3.90. The van der Waals surface area contributed by atoms with E-state index in [1.54, 1.807) is 18.2 Å². The van der Waals surface area contributed by atoms with Gasteiger partial charge in [-0.05, 0) is 55.3 Å². The summed E-state index contributed by atoms with van der Waals surface area (Å²) in [6, 6.07) is 13.6. The van der Waals surface area contributed by atoms with E-state index in [9.17, 15) is 4.79 Å². The molecule has 26 heavy (non-hydrogen) atoms. The number of rotatable bonds is 5. The van der Waals surface area contributed by atoms with Crippen LogP contribution in [-0.2, 0) is 13.1 Å². The second-order valence-corrected chi connectivity index (χ2v) is 6.86. The number of hydrogen-bond donors (Lipinski definition) is 1. The summed E-state index contributed by atoms with van der Waals surface area (Å²) < 4.78 is 10.6. The summed E-state index contributed by atoms with van der Waals surface area (Å²) in [5.41, 5.74) is 3.05. The predicted octanol–water partition coefficient (Wildman–Crippen LogP) is 3.33. The molecule has 0 radical (unpaired) electrons. The monoisotopic (exact) mass is 352 g/mol. The van der Waals surface area contributed by atoms with Gasteiger partial charge in [0.2, 0.25) is 6.79 Å². The van der Waals surface area contributed by atoms with E-state index in [0.29, 0.717) is 23.6 Å². The highest BCUT2D eigenvalue weighted by molar-refractivity contribution is 5.94. The molecule has 0 saturated carbocycles. The zero-order chi connectivity index (χ0) is 17.8. The Hall–Kier alpha value is -2.53. The van der Waals surface area contributed by atoms with Crippen molar-refractivity contribution in [2.45, 2.75) is 32.4 Å². The van der Waals surface area contributed by atoms with E-state index in [1.807, 2.05) is 6.07 Å². The molecule has 5 heteroatoms. The highest BCUT2D eigenvalue weighted by atomic mass is 16.7. The van der Waals surface area contributed by atoms with Gasteiger partial charge in [-0.15, -0.1) is 0 Å². The summed E-state index contributed by atoms with van der Waals surface area (Å²) in [6.45, 7) is 4.02. The molecule has 2 aromatic rings. The molecule has 1 N–H and O–H groups in total. The number of fused-ring (bicyclic) bond motifs is 1. The second kappa shape index (κ2) is 7.79. The van der Waals surface area contributed by atoms with Crippen LogP contribution in [0.25, 0.3) is 0 Å². The van der Waals surface area contributed by atoms with E-state index in [-0.39, 0.29) is 12.7 Å². The predicted molar refractivity (Wildman–Crippen MR) is 99.3 cm³/mol. The van der Waals surface area contributed by atoms with E-state index in [1.165, 1.54) is 30.4 Å². The lowest BCUT2D eigenvalue weighted by Gasteiger charge is -2.27. The van der Waals surface area contributed by atoms with Gasteiger partial charge >= 0.3 is 0 Å². The number of likely N-dealkylation sites (tertiary alicyclic amines) is 1. The lowest BCUT2D eigenvalue weighted by Crippen LogP contribution is -2.30. The Kier molecular flexibility index (Phi) is 5.07. The molecule has 5 nitrogen and oxygen atoms in total. The maximum absolute atomic E-state index is 12.5. The summed E-state index contributed by atoms with van der Waals surface area (Å²) in [5.74, 6) is 1.22. The fourth-order valence-corrected chi connectivity index (χ4v) is 3.56. The van der Waals surface area contributed by atoms with Crippen molar-refractivity contribution in [3.05, 3.63) is 59.2 Å². The maximum atomic E-state index is 12.5. The zero-order valence-electron chi connectivity index (χ0n) is 14.9. The molecule has 2 aromatic carbocycles. The van der Waals surface area contributed by atoms with Gasteiger partial charge in [-0.2, -0.15) is 0 Å². The van der Waals surface area contributed by atoms with Gasteiger partial charge in [-0.3, -0.25) is 9.69 Å². The number of carbonyl (C=O) groups is 1. The molecule has 1 fully saturated rings. The number of hydrogen-bond acceptors (Lipinski definition) is 4. The molecule has 0 aromatic heterocycles. The minimum Gasteiger partial charge on any atom is -0.454 e. The van der Waals surface area contributed by atoms with Crippen LogP contribution in [0, 0.1) is 0 Å². The number of amides is 1. The zero-order valence-corrected chi connectivity index (χ0v) is 14.9. The standard InChI is InChI=1S/C21H24N2O3/c24-21(16-8-9-19-20(12-16)26-15-25-19)22-13-17-6-2-3-7-18(17)14-23-10-4-1-5-11-23/h2-3,6-9,12H,1,4-5,10-11,13-15H2,(H,22,24). The van der Waals surface area contributed by atoms with Crippen molar-refractivity contribution in [3.8, 4) is 11.5 Å². The van der Waals surface area contributed by atoms with Gasteiger partial charge in [-0.1, -0.05) is 30.7 Å². The van der Waals surface area contributed by atoms with Crippen LogP contribution in [0.1, 0.15) is 40.7 Å². The first-order valence-corrected chi connectivity index (χ1v) is 9.26. The molecule has 0 unspecified atom stereocenters. The van der Waals surface area contributed by atoms with Crippen molar-refractivity contribution in [1.29, 1.82) is 0 Å². The van der Waals surface area contributed by atoms with Gasteiger partial charge in [0.05, 0.1) is 0 Å². The van der Waals surface area contributed by atoms with Crippen molar-refractivity contribution in [3.63, 3.8) is 0 Å². The molecular formula is C21H24N2O3. The van der Waals surface area contributed by atoms with Crippen molar-refractivity contribution in [2.24, 2.45) is 0 Å². The Bertz CT molecular complexity index is 785. The molecule has 4 rings (SSSR count). The van der Waals surface area contributed by atoms with Crippen molar-refractivity contribution in [2.75, 3.05) is 19.9 Å². The smallest absolute Gasteiger partial charge is 0.251 e. The van der Waals surface area contributed by atoms with Crippen molar-refractivity contribution >= 4 is 5.91 Å². The molecule has 2 aliphatic heterocycles. The number of carbonyl (C=O) groups excluding carboxylic acids is 1. The van der Waals surface area contributed by atoms with Crippen LogP contribution in [0.15, 0.2) is 42.5 Å². The Balaban J connectivity index is 1.40. The molecule has 2 heterocycles. The van der Waals surface area contributed by atoms with Gasteiger partial charge < -0.3 is 14.8 Å². The van der Waals surface area contributed by atoms with Gasteiger partial charge in [0.1, 0.15) is 0 Å². The summed E-state index contributed by atoms with van der Waals surface area (Å²) in [4.78, 5) is 15.0.